The number of aromatic nitrogens is 2. The fourth-order valence-electron chi connectivity index (χ4n) is 7.99. The maximum absolute atomic E-state index is 13.7. The number of rotatable bonds is 14. The number of amides is 4. The molecular weight excluding hydrogens is 763 g/mol. The lowest BCUT2D eigenvalue weighted by Crippen LogP contribution is -2.66. The molecule has 0 spiro atoms. The molecule has 0 saturated carbocycles. The molecule has 4 aliphatic heterocycles. The first-order valence-corrected chi connectivity index (χ1v) is 20.6. The molecule has 56 heavy (non-hydrogen) atoms. The van der Waals surface area contributed by atoms with Crippen LogP contribution in [0.15, 0.2) is 23.5 Å². The van der Waals surface area contributed by atoms with Gasteiger partial charge in [-0.25, -0.2) is 9.97 Å². The van der Waals surface area contributed by atoms with Gasteiger partial charge in [0.05, 0.1) is 23.7 Å². The van der Waals surface area contributed by atoms with Gasteiger partial charge in [-0.2, -0.15) is 0 Å². The van der Waals surface area contributed by atoms with Gasteiger partial charge in [-0.1, -0.05) is 0 Å². The number of carbonyl (C=O) groups excluding carboxylic acids is 8. The molecule has 0 bridgehead atoms. The summed E-state index contributed by atoms with van der Waals surface area (Å²) in [6.45, 7) is 4.19. The number of fused-ring (bicyclic) bond motifs is 2. The molecule has 4 amide bonds. The molecule has 4 saturated heterocycles. The molecule has 17 nitrogen and oxygen atoms in total. The Morgan fingerprint density at radius 1 is 0.696 bits per heavy atom. The second kappa shape index (κ2) is 15.4. The Hall–Kier alpha value is -5.14. The number of hydrogen-bond acceptors (Lipinski definition) is 15. The van der Waals surface area contributed by atoms with Gasteiger partial charge in [0.25, 0.3) is 11.8 Å². The van der Waals surface area contributed by atoms with Gasteiger partial charge in [0.2, 0.25) is 23.4 Å². The van der Waals surface area contributed by atoms with E-state index in [9.17, 15) is 38.4 Å². The lowest BCUT2D eigenvalue weighted by molar-refractivity contribution is -0.128. The topological polar surface area (TPSA) is 203 Å². The highest BCUT2D eigenvalue weighted by Gasteiger charge is 2.47. The Kier molecular flexibility index (Phi) is 10.4. The maximum atomic E-state index is 13.7. The van der Waals surface area contributed by atoms with Gasteiger partial charge in [-0.3, -0.25) is 43.3 Å². The lowest BCUT2D eigenvalue weighted by Gasteiger charge is -2.56. The molecule has 2 N–H and O–H groups in total. The maximum Gasteiger partial charge on any atom is 0.280 e. The van der Waals surface area contributed by atoms with Gasteiger partial charge in [0.1, 0.15) is 21.1 Å². The largest absolute Gasteiger partial charge is 0.352 e. The summed E-state index contributed by atoms with van der Waals surface area (Å²) < 4.78 is 0. The Morgan fingerprint density at radius 3 is 1.48 bits per heavy atom. The molecule has 6 heterocycles. The highest BCUT2D eigenvalue weighted by molar-refractivity contribution is 7.16. The Bertz CT molecular complexity index is 1980. The minimum Gasteiger partial charge on any atom is -0.352 e. The van der Waals surface area contributed by atoms with Crippen LogP contribution in [0.2, 0.25) is 0 Å². The minimum absolute atomic E-state index is 0.0219. The Morgan fingerprint density at radius 2 is 1.12 bits per heavy atom. The van der Waals surface area contributed by atoms with Crippen molar-refractivity contribution in [1.29, 1.82) is 0 Å². The normalized spacial score (nSPS) is 22.0. The summed E-state index contributed by atoms with van der Waals surface area (Å²) in [6.07, 6.45) is 7.31. The number of likely N-dealkylation sites (tertiary alicyclic amines) is 4. The van der Waals surface area contributed by atoms with Crippen molar-refractivity contribution in [3.8, 4) is 0 Å². The summed E-state index contributed by atoms with van der Waals surface area (Å²) in [6, 6.07) is 0. The number of Topliss-reactive ketones (excluding diaryl/α,β-unsaturated/α-hetero) is 2. The first-order chi connectivity index (χ1) is 27.0. The summed E-state index contributed by atoms with van der Waals surface area (Å²) in [4.78, 5) is 121. The quantitative estimate of drug-likeness (QED) is 0.259. The molecule has 19 heteroatoms. The highest BCUT2D eigenvalue weighted by atomic mass is 32.1. The minimum atomic E-state index is -0.483. The molecule has 0 aromatic carbocycles. The highest BCUT2D eigenvalue weighted by Crippen LogP contribution is 2.38. The van der Waals surface area contributed by atoms with Gasteiger partial charge < -0.3 is 30.2 Å². The van der Waals surface area contributed by atoms with Gasteiger partial charge in [-0.15, -0.1) is 22.7 Å². The number of allylic oxidation sites excluding steroid dienone is 4. The molecule has 2 aromatic rings. The molecule has 2 unspecified atom stereocenters. The number of ketones is 4. The van der Waals surface area contributed by atoms with Crippen LogP contribution in [-0.2, 0) is 9.59 Å². The van der Waals surface area contributed by atoms with E-state index >= 15 is 0 Å². The van der Waals surface area contributed by atoms with E-state index in [4.69, 9.17) is 0 Å². The lowest BCUT2D eigenvalue weighted by atomic mass is 9.96. The molecule has 294 valence electrons. The number of nitrogens with zero attached hydrogens (tertiary/aromatic N) is 7. The van der Waals surface area contributed by atoms with E-state index in [1.54, 1.807) is 9.80 Å². The van der Waals surface area contributed by atoms with Crippen molar-refractivity contribution in [2.75, 3.05) is 59.4 Å². The summed E-state index contributed by atoms with van der Waals surface area (Å²) >= 11 is 1.77. The van der Waals surface area contributed by atoms with E-state index < -0.39 is 34.9 Å². The fraction of sp³-hybridized carbons (Fsp3) is 0.514. The monoisotopic (exact) mass is 803 g/mol. The first-order valence-electron chi connectivity index (χ1n) is 19.0. The van der Waals surface area contributed by atoms with Gasteiger partial charge in [-0.05, 0) is 45.6 Å². The van der Waals surface area contributed by atoms with Crippen molar-refractivity contribution in [1.82, 2.24) is 45.1 Å². The zero-order valence-electron chi connectivity index (χ0n) is 30.8. The smallest absolute Gasteiger partial charge is 0.280 e. The fourth-order valence-corrected chi connectivity index (χ4v) is 9.77. The molecule has 2 aromatic heterocycles. The zero-order chi connectivity index (χ0) is 39.2. The number of nitrogens with one attached hydrogen (secondary N) is 2. The van der Waals surface area contributed by atoms with E-state index in [0.29, 0.717) is 77.8 Å². The van der Waals surface area contributed by atoms with Crippen LogP contribution in [0.3, 0.4) is 0 Å². The molecule has 8 rings (SSSR count). The third-order valence-corrected chi connectivity index (χ3v) is 13.3. The van der Waals surface area contributed by atoms with Crippen LogP contribution in [0.25, 0.3) is 0 Å². The second-order valence-electron chi connectivity index (χ2n) is 14.6. The summed E-state index contributed by atoms with van der Waals surface area (Å²) in [5.41, 5.74) is 0.279. The van der Waals surface area contributed by atoms with Crippen LogP contribution in [0, 0.1) is 0 Å². The summed E-state index contributed by atoms with van der Waals surface area (Å²) in [5.74, 6) is -2.43. The third kappa shape index (κ3) is 6.95. The van der Waals surface area contributed by atoms with E-state index in [1.165, 1.54) is 12.2 Å². The van der Waals surface area contributed by atoms with Gasteiger partial charge in [0, 0.05) is 77.4 Å². The van der Waals surface area contributed by atoms with Crippen molar-refractivity contribution in [2.45, 2.75) is 63.7 Å². The Labute approximate surface area is 329 Å². The number of hydrogen-bond donors (Lipinski definition) is 2. The van der Waals surface area contributed by atoms with E-state index in [1.807, 2.05) is 21.7 Å². The van der Waals surface area contributed by atoms with Crippen LogP contribution >= 0.6 is 22.7 Å². The van der Waals surface area contributed by atoms with Crippen LogP contribution in [0.5, 0.6) is 0 Å². The third-order valence-electron chi connectivity index (χ3n) is 11.2. The predicted octanol–water partition coefficient (Wildman–Crippen LogP) is 1.31. The van der Waals surface area contributed by atoms with Crippen molar-refractivity contribution < 1.29 is 38.4 Å². The van der Waals surface area contributed by atoms with Gasteiger partial charge >= 0.3 is 0 Å². The van der Waals surface area contributed by atoms with E-state index in [0.717, 1.165) is 48.6 Å². The number of carbonyl (C=O) groups is 8. The molecular formula is C37H41N9O8S2. The zero-order valence-corrected chi connectivity index (χ0v) is 32.5. The Balaban J connectivity index is 0.867. The van der Waals surface area contributed by atoms with Crippen molar-refractivity contribution in [3.05, 3.63) is 54.7 Å². The SMILES string of the molecule is CN(C1CCN1C1=CC(=O)c2sc(C(=O)NCCCN3CCCC3=O)nc2C1=O)C1CCN1C1=CC(=O)c2sc(C(=O)NCCCN3CCCC3=O)nc2C1=O. The summed E-state index contributed by atoms with van der Waals surface area (Å²) in [5, 5.41) is 5.60. The van der Waals surface area contributed by atoms with Crippen molar-refractivity contribution in [2.24, 2.45) is 0 Å². The van der Waals surface area contributed by atoms with Gasteiger partial charge in [0.15, 0.2) is 21.6 Å². The molecule has 2 atom stereocenters. The summed E-state index contributed by atoms with van der Waals surface area (Å²) in [7, 11) is 1.87. The molecule has 6 aliphatic rings. The molecule has 2 aliphatic carbocycles. The van der Waals surface area contributed by atoms with Crippen LogP contribution in [0.1, 0.15) is 111 Å². The van der Waals surface area contributed by atoms with E-state index in [2.05, 4.69) is 20.6 Å². The van der Waals surface area contributed by atoms with Crippen LogP contribution < -0.4 is 10.6 Å². The first kappa shape index (κ1) is 37.8. The molecule has 0 radical (unpaired) electrons. The predicted molar refractivity (Wildman–Crippen MR) is 201 cm³/mol. The average Bonchev–Trinajstić information content (AvgIpc) is 3.96. The average molecular weight is 804 g/mol. The van der Waals surface area contributed by atoms with Crippen LogP contribution in [-0.4, -0.2) is 153 Å². The van der Waals surface area contributed by atoms with Crippen molar-refractivity contribution in [3.63, 3.8) is 0 Å². The van der Waals surface area contributed by atoms with Crippen LogP contribution in [0.4, 0.5) is 0 Å². The van der Waals surface area contributed by atoms with E-state index in [-0.39, 0.29) is 66.7 Å². The molecule has 4 fully saturated rings. The standard InChI is InChI=1S/C37H41N9O8S2/c1-42(24-8-16-45(24)20-18-22(47)32-28(30(20)51)40-36(55-32)34(53)38-10-4-14-43-12-2-6-26(43)49)25-9-17-46(25)21-19-23(48)33-29(31(21)52)41-37(56-33)35(54)39-11-5-15-44-13-3-7-27(44)50/h18-19,24-25H,2-17H2,1H3,(H,38,53)(H,39,54). The number of thiazole rings is 2. The van der Waals surface area contributed by atoms with Crippen molar-refractivity contribution >= 4 is 69.4 Å². The second-order valence-corrected chi connectivity index (χ2v) is 16.6.